The highest BCUT2D eigenvalue weighted by atomic mass is 15.4. The molecule has 1 aromatic carbocycles. The molecule has 1 aliphatic heterocycles. The average Bonchev–Trinajstić information content (AvgIpc) is 2.89. The molecule has 0 atom stereocenters. The maximum absolute atomic E-state index is 4.70. The van der Waals surface area contributed by atoms with Gasteiger partial charge in [-0.1, -0.05) is 29.3 Å². The van der Waals surface area contributed by atoms with E-state index in [9.17, 15) is 0 Å². The van der Waals surface area contributed by atoms with Gasteiger partial charge >= 0.3 is 6.98 Å². The molecule has 0 saturated carbocycles. The SMILES string of the molecule is Cc1cccc(C)c1B1N=C(c2cccnc2)NN1. The zero-order valence-corrected chi connectivity index (χ0v) is 11.0. The first-order valence-corrected chi connectivity index (χ1v) is 6.31. The Balaban J connectivity index is 1.95. The number of hydrogen-bond acceptors (Lipinski definition) is 4. The molecule has 1 aromatic heterocycles. The highest BCUT2D eigenvalue weighted by molar-refractivity contribution is 6.72. The summed E-state index contributed by atoms with van der Waals surface area (Å²) in [6.07, 6.45) is 3.57. The minimum absolute atomic E-state index is 0.0450. The maximum Gasteiger partial charge on any atom is 0.415 e. The van der Waals surface area contributed by atoms with Crippen LogP contribution in [0.4, 0.5) is 0 Å². The molecule has 0 fully saturated rings. The largest absolute Gasteiger partial charge is 0.415 e. The Hall–Kier alpha value is -2.14. The number of pyridine rings is 1. The lowest BCUT2D eigenvalue weighted by atomic mass is 9.66. The van der Waals surface area contributed by atoms with Gasteiger partial charge in [0, 0.05) is 18.0 Å². The second kappa shape index (κ2) is 4.86. The summed E-state index contributed by atoms with van der Waals surface area (Å²) in [5, 5.41) is 3.22. The quantitative estimate of drug-likeness (QED) is 0.780. The molecule has 5 heteroatoms. The highest BCUT2D eigenvalue weighted by Crippen LogP contribution is 2.06. The van der Waals surface area contributed by atoms with E-state index in [0.29, 0.717) is 0 Å². The van der Waals surface area contributed by atoms with Crippen molar-refractivity contribution in [2.45, 2.75) is 13.8 Å². The van der Waals surface area contributed by atoms with E-state index in [1.54, 1.807) is 12.4 Å². The topological polar surface area (TPSA) is 49.3 Å². The zero-order valence-electron chi connectivity index (χ0n) is 11.0. The van der Waals surface area contributed by atoms with Gasteiger partial charge in [-0.05, 0) is 31.4 Å². The van der Waals surface area contributed by atoms with Gasteiger partial charge in [0.1, 0.15) is 5.84 Å². The van der Waals surface area contributed by atoms with Crippen LogP contribution in [0.3, 0.4) is 0 Å². The van der Waals surface area contributed by atoms with Crippen molar-refractivity contribution in [1.29, 1.82) is 0 Å². The summed E-state index contributed by atoms with van der Waals surface area (Å²) < 4.78 is 0. The van der Waals surface area contributed by atoms with E-state index in [0.717, 1.165) is 11.4 Å². The molecule has 0 unspecified atom stereocenters. The summed E-state index contributed by atoms with van der Waals surface area (Å²) in [5.41, 5.74) is 7.85. The van der Waals surface area contributed by atoms with E-state index in [4.69, 9.17) is 4.90 Å². The Morgan fingerprint density at radius 2 is 1.84 bits per heavy atom. The van der Waals surface area contributed by atoms with E-state index < -0.39 is 0 Å². The number of aryl methyl sites for hydroxylation is 2. The summed E-state index contributed by atoms with van der Waals surface area (Å²) in [4.78, 5) is 8.82. The van der Waals surface area contributed by atoms with Crippen LogP contribution in [0.1, 0.15) is 16.7 Å². The van der Waals surface area contributed by atoms with Crippen molar-refractivity contribution >= 4 is 18.3 Å². The first-order chi connectivity index (χ1) is 9.25. The third-order valence-corrected chi connectivity index (χ3v) is 3.34. The number of benzene rings is 1. The van der Waals surface area contributed by atoms with Crippen LogP contribution in [-0.4, -0.2) is 17.8 Å². The first kappa shape index (κ1) is 11.9. The van der Waals surface area contributed by atoms with Gasteiger partial charge in [0.25, 0.3) is 0 Å². The first-order valence-electron chi connectivity index (χ1n) is 6.31. The molecule has 2 heterocycles. The van der Waals surface area contributed by atoms with Gasteiger partial charge in [-0.15, -0.1) is 0 Å². The summed E-state index contributed by atoms with van der Waals surface area (Å²) in [6.45, 7) is 4.18. The van der Waals surface area contributed by atoms with Gasteiger partial charge in [0.05, 0.1) is 0 Å². The fourth-order valence-corrected chi connectivity index (χ4v) is 2.38. The molecule has 0 aliphatic carbocycles. The standard InChI is InChI=1S/C14H15BN4/c1-10-5-3-6-11(2)13(10)15-17-14(18-19-15)12-7-4-8-16-9-12/h3-9,19H,1-2H3,(H,17,18). The molecule has 0 radical (unpaired) electrons. The lowest BCUT2D eigenvalue weighted by Crippen LogP contribution is -2.47. The van der Waals surface area contributed by atoms with Crippen molar-refractivity contribution in [3.05, 3.63) is 59.4 Å². The maximum atomic E-state index is 4.70. The zero-order chi connectivity index (χ0) is 13.2. The van der Waals surface area contributed by atoms with Crippen LogP contribution in [0.25, 0.3) is 0 Å². The van der Waals surface area contributed by atoms with E-state index in [-0.39, 0.29) is 6.98 Å². The van der Waals surface area contributed by atoms with Gasteiger partial charge in [0.2, 0.25) is 0 Å². The molecule has 0 bridgehead atoms. The number of aromatic nitrogens is 1. The molecule has 2 aromatic rings. The molecule has 3 rings (SSSR count). The van der Waals surface area contributed by atoms with E-state index >= 15 is 0 Å². The van der Waals surface area contributed by atoms with Crippen LogP contribution in [0.5, 0.6) is 0 Å². The summed E-state index contributed by atoms with van der Waals surface area (Å²) in [5.74, 6) is 0.834. The van der Waals surface area contributed by atoms with Crippen molar-refractivity contribution in [3.8, 4) is 0 Å². The molecule has 0 amide bonds. The number of nitrogens with one attached hydrogen (secondary N) is 2. The van der Waals surface area contributed by atoms with Crippen molar-refractivity contribution in [2.75, 3.05) is 0 Å². The Kier molecular flexibility index (Phi) is 3.05. The predicted molar refractivity (Wildman–Crippen MR) is 78.3 cm³/mol. The van der Waals surface area contributed by atoms with Gasteiger partial charge in [-0.3, -0.25) is 9.89 Å². The normalized spacial score (nSPS) is 14.2. The van der Waals surface area contributed by atoms with Crippen molar-refractivity contribution in [2.24, 2.45) is 4.90 Å². The Morgan fingerprint density at radius 1 is 1.05 bits per heavy atom. The Labute approximate surface area is 113 Å². The summed E-state index contributed by atoms with van der Waals surface area (Å²) >= 11 is 0. The van der Waals surface area contributed by atoms with Gasteiger partial charge < -0.3 is 5.43 Å². The molecule has 94 valence electrons. The Morgan fingerprint density at radius 3 is 2.53 bits per heavy atom. The van der Waals surface area contributed by atoms with Gasteiger partial charge in [-0.25, -0.2) is 5.34 Å². The third-order valence-electron chi connectivity index (χ3n) is 3.34. The number of amidine groups is 1. The number of rotatable bonds is 2. The number of hydrazine groups is 1. The fraction of sp³-hybridized carbons (Fsp3) is 0.143. The monoisotopic (exact) mass is 250 g/mol. The van der Waals surface area contributed by atoms with Crippen LogP contribution in [-0.2, 0) is 0 Å². The summed E-state index contributed by atoms with van der Waals surface area (Å²) in [7, 11) is 0. The predicted octanol–water partition coefficient (Wildman–Crippen LogP) is 0.948. The van der Waals surface area contributed by atoms with Crippen molar-refractivity contribution in [1.82, 2.24) is 15.7 Å². The lowest BCUT2D eigenvalue weighted by Gasteiger charge is -2.10. The molecule has 0 spiro atoms. The van der Waals surface area contributed by atoms with E-state index in [1.165, 1.54) is 16.6 Å². The van der Waals surface area contributed by atoms with E-state index in [1.807, 2.05) is 12.1 Å². The van der Waals surface area contributed by atoms with Crippen LogP contribution >= 0.6 is 0 Å². The molecule has 4 nitrogen and oxygen atoms in total. The van der Waals surface area contributed by atoms with Crippen LogP contribution in [0.2, 0.25) is 0 Å². The molecule has 2 N–H and O–H groups in total. The average molecular weight is 250 g/mol. The lowest BCUT2D eigenvalue weighted by molar-refractivity contribution is 0.918. The van der Waals surface area contributed by atoms with E-state index in [2.05, 4.69) is 47.8 Å². The minimum atomic E-state index is -0.0450. The molecule has 1 aliphatic rings. The van der Waals surface area contributed by atoms with Crippen LogP contribution in [0.15, 0.2) is 47.6 Å². The number of hydrogen-bond donors (Lipinski definition) is 2. The van der Waals surface area contributed by atoms with Gasteiger partial charge in [-0.2, -0.15) is 0 Å². The second-order valence-electron chi connectivity index (χ2n) is 4.70. The van der Waals surface area contributed by atoms with Crippen LogP contribution in [0, 0.1) is 13.8 Å². The van der Waals surface area contributed by atoms with Gasteiger partial charge in [0.15, 0.2) is 0 Å². The molecule has 19 heavy (non-hydrogen) atoms. The summed E-state index contributed by atoms with van der Waals surface area (Å²) in [6, 6.07) is 10.2. The second-order valence-corrected chi connectivity index (χ2v) is 4.70. The smallest absolute Gasteiger partial charge is 0.315 e. The Bertz CT molecular complexity index is 604. The highest BCUT2D eigenvalue weighted by Gasteiger charge is 2.27. The van der Waals surface area contributed by atoms with Crippen LogP contribution < -0.4 is 16.2 Å². The fourth-order valence-electron chi connectivity index (χ4n) is 2.38. The number of nitrogens with zero attached hydrogens (tertiary/aromatic N) is 2. The third kappa shape index (κ3) is 2.24. The van der Waals surface area contributed by atoms with Crippen molar-refractivity contribution in [3.63, 3.8) is 0 Å². The van der Waals surface area contributed by atoms with Crippen molar-refractivity contribution < 1.29 is 0 Å². The minimum Gasteiger partial charge on any atom is -0.315 e. The molecular weight excluding hydrogens is 235 g/mol. The molecular formula is C14H15BN4. The molecule has 0 saturated heterocycles.